The highest BCUT2D eigenvalue weighted by Gasteiger charge is 2.47. The molecule has 2 unspecified atom stereocenters. The van der Waals surface area contributed by atoms with Crippen molar-refractivity contribution in [1.82, 2.24) is 0 Å². The Morgan fingerprint density at radius 3 is 1.52 bits per heavy atom. The molecule has 306 valence electrons. The van der Waals surface area contributed by atoms with Crippen LogP contribution in [-0.4, -0.2) is 23.6 Å². The molecule has 2 aromatic rings. The molecule has 0 saturated carbocycles. The van der Waals surface area contributed by atoms with Crippen LogP contribution in [0.5, 0.6) is 0 Å². The molecular weight excluding hydrogens is 687 g/mol. The van der Waals surface area contributed by atoms with Gasteiger partial charge < -0.3 is 4.90 Å². The van der Waals surface area contributed by atoms with Crippen LogP contribution in [0, 0.1) is 27.4 Å². The van der Waals surface area contributed by atoms with E-state index in [1.54, 1.807) is 30.4 Å². The van der Waals surface area contributed by atoms with Gasteiger partial charge in [0.25, 0.3) is 5.54 Å². The zero-order valence-corrected chi connectivity index (χ0v) is 35.4. The summed E-state index contributed by atoms with van der Waals surface area (Å²) in [4.78, 5) is 14.7. The van der Waals surface area contributed by atoms with E-state index in [0.29, 0.717) is 0 Å². The van der Waals surface area contributed by atoms with Gasteiger partial charge in [-0.15, -0.1) is 0 Å². The molecule has 1 aliphatic carbocycles. The minimum Gasteiger partial charge on any atom is -0.372 e. The summed E-state index contributed by atoms with van der Waals surface area (Å²) in [5.74, 6) is -0.921. The molecule has 5 nitrogen and oxygen atoms in total. The summed E-state index contributed by atoms with van der Waals surface area (Å²) in [7, 11) is 0. The minimum absolute atomic E-state index is 0.332. The van der Waals surface area contributed by atoms with Crippen molar-refractivity contribution in [3.63, 3.8) is 0 Å². The van der Waals surface area contributed by atoms with Gasteiger partial charge in [0.1, 0.15) is 5.92 Å². The quantitative estimate of drug-likeness (QED) is 0.0423. The standard InChI is InChI=1S/C51H75N3O2/c1-3-5-7-9-11-13-15-17-19-21-23-28-42-53(43-29-24-22-20-18-16-14-12-10-8-6-4-2)50-36-34-47(35-37-50)38-40-51(54(55)56)41-39-48(44-49(51)45-52)33-32-46-30-26-25-27-31-46/h25-27,30-41,44,49H,3-24,28-29,42-43H2,1-2H3. The Kier molecular flexibility index (Phi) is 24.4. The number of hydrogen-bond acceptors (Lipinski definition) is 4. The average molecular weight is 762 g/mol. The lowest BCUT2D eigenvalue weighted by atomic mass is 9.79. The van der Waals surface area contributed by atoms with Gasteiger partial charge >= 0.3 is 0 Å². The molecule has 0 saturated heterocycles. The lowest BCUT2D eigenvalue weighted by Crippen LogP contribution is -2.42. The molecule has 5 heteroatoms. The molecule has 0 radical (unpaired) electrons. The van der Waals surface area contributed by atoms with E-state index >= 15 is 0 Å². The van der Waals surface area contributed by atoms with Crippen LogP contribution in [0.15, 0.2) is 90.6 Å². The van der Waals surface area contributed by atoms with E-state index in [2.05, 4.69) is 49.1 Å². The number of allylic oxidation sites excluding steroid dienone is 3. The molecule has 0 amide bonds. The molecule has 2 aromatic carbocycles. The zero-order valence-electron chi connectivity index (χ0n) is 35.4. The van der Waals surface area contributed by atoms with Gasteiger partial charge in [0.2, 0.25) is 0 Å². The molecule has 0 aliphatic heterocycles. The molecule has 0 N–H and O–H groups in total. The van der Waals surface area contributed by atoms with Crippen LogP contribution in [0.3, 0.4) is 0 Å². The molecule has 0 spiro atoms. The van der Waals surface area contributed by atoms with Crippen LogP contribution in [-0.2, 0) is 0 Å². The van der Waals surface area contributed by atoms with Crippen molar-refractivity contribution in [2.75, 3.05) is 18.0 Å². The van der Waals surface area contributed by atoms with Crippen LogP contribution in [0.2, 0.25) is 0 Å². The Bertz CT molecular complexity index is 1460. The van der Waals surface area contributed by atoms with Crippen LogP contribution in [0.25, 0.3) is 12.2 Å². The van der Waals surface area contributed by atoms with E-state index in [4.69, 9.17) is 0 Å². The summed E-state index contributed by atoms with van der Waals surface area (Å²) in [6, 6.07) is 20.6. The average Bonchev–Trinajstić information content (AvgIpc) is 3.22. The van der Waals surface area contributed by atoms with E-state index < -0.39 is 11.5 Å². The third-order valence-corrected chi connectivity index (χ3v) is 11.5. The van der Waals surface area contributed by atoms with Gasteiger partial charge in [0.05, 0.1) is 6.07 Å². The molecule has 2 atom stereocenters. The Morgan fingerprint density at radius 2 is 1.07 bits per heavy atom. The van der Waals surface area contributed by atoms with Gasteiger partial charge in [-0.25, -0.2) is 0 Å². The van der Waals surface area contributed by atoms with Gasteiger partial charge in [0, 0.05) is 23.7 Å². The monoisotopic (exact) mass is 762 g/mol. The summed E-state index contributed by atoms with van der Waals surface area (Å²) in [5.41, 5.74) is 2.33. The molecule has 0 fully saturated rings. The fourth-order valence-electron chi connectivity index (χ4n) is 7.80. The lowest BCUT2D eigenvalue weighted by molar-refractivity contribution is -0.545. The van der Waals surface area contributed by atoms with Crippen LogP contribution >= 0.6 is 0 Å². The number of benzene rings is 2. The van der Waals surface area contributed by atoms with Crippen molar-refractivity contribution in [2.45, 2.75) is 173 Å². The van der Waals surface area contributed by atoms with E-state index in [1.165, 1.54) is 160 Å². The smallest absolute Gasteiger partial charge is 0.278 e. The van der Waals surface area contributed by atoms with Crippen molar-refractivity contribution in [1.29, 1.82) is 5.26 Å². The van der Waals surface area contributed by atoms with Crippen LogP contribution in [0.4, 0.5) is 5.69 Å². The first kappa shape index (κ1) is 46.5. The highest BCUT2D eigenvalue weighted by molar-refractivity contribution is 5.60. The Hall–Kier alpha value is -3.91. The Labute approximate surface area is 342 Å². The van der Waals surface area contributed by atoms with Crippen molar-refractivity contribution >= 4 is 17.8 Å². The zero-order chi connectivity index (χ0) is 39.9. The van der Waals surface area contributed by atoms with Crippen LogP contribution < -0.4 is 4.90 Å². The lowest BCUT2D eigenvalue weighted by Gasteiger charge is -2.26. The fourth-order valence-corrected chi connectivity index (χ4v) is 7.80. The second-order valence-corrected chi connectivity index (χ2v) is 16.2. The first-order valence-electron chi connectivity index (χ1n) is 22.7. The summed E-state index contributed by atoms with van der Waals surface area (Å²) >= 11 is 0. The largest absolute Gasteiger partial charge is 0.372 e. The van der Waals surface area contributed by atoms with Crippen molar-refractivity contribution in [3.8, 4) is 6.07 Å². The first-order chi connectivity index (χ1) is 27.5. The third kappa shape index (κ3) is 18.4. The molecular formula is C51H75N3O2. The SMILES string of the molecule is CCCCCCCCCCCCCCN(CCCCCCCCCCCCCC)c1ccc(C=CC2([N+](=O)[O-])C=CC(C=Cc3ccccc3)=CC2C#N)cc1. The van der Waals surface area contributed by atoms with Crippen molar-refractivity contribution < 1.29 is 4.92 Å². The maximum Gasteiger partial charge on any atom is 0.278 e. The van der Waals surface area contributed by atoms with Gasteiger partial charge in [-0.2, -0.15) is 5.26 Å². The number of hydrogen-bond donors (Lipinski definition) is 0. The van der Waals surface area contributed by atoms with Crippen molar-refractivity contribution in [3.05, 3.63) is 112 Å². The maximum absolute atomic E-state index is 12.5. The van der Waals surface area contributed by atoms with Gasteiger partial charge in [0.15, 0.2) is 0 Å². The van der Waals surface area contributed by atoms with Crippen molar-refractivity contribution in [2.24, 2.45) is 5.92 Å². The summed E-state index contributed by atoms with van der Waals surface area (Å²) in [6.45, 7) is 6.70. The second-order valence-electron chi connectivity index (χ2n) is 16.2. The normalized spacial score (nSPS) is 16.7. The highest BCUT2D eigenvalue weighted by Crippen LogP contribution is 2.33. The molecule has 56 heavy (non-hydrogen) atoms. The number of rotatable bonds is 32. The number of nitro groups is 1. The van der Waals surface area contributed by atoms with Gasteiger partial charge in [-0.05, 0) is 53.8 Å². The molecule has 0 aromatic heterocycles. The number of unbranched alkanes of at least 4 members (excludes halogenated alkanes) is 22. The number of nitriles is 1. The Balaban J connectivity index is 1.54. The summed E-state index contributed by atoms with van der Waals surface area (Å²) < 4.78 is 0. The molecule has 3 rings (SSSR count). The Morgan fingerprint density at radius 1 is 0.625 bits per heavy atom. The number of anilines is 1. The highest BCUT2D eigenvalue weighted by atomic mass is 16.6. The minimum atomic E-state index is -1.62. The van der Waals surface area contributed by atoms with Gasteiger partial charge in [-0.3, -0.25) is 10.1 Å². The van der Waals surface area contributed by atoms with Gasteiger partial charge in [-0.1, -0.05) is 228 Å². The predicted molar refractivity (Wildman–Crippen MR) is 241 cm³/mol. The first-order valence-corrected chi connectivity index (χ1v) is 22.7. The number of nitrogens with zero attached hydrogens (tertiary/aromatic N) is 3. The van der Waals surface area contributed by atoms with E-state index in [9.17, 15) is 15.4 Å². The maximum atomic E-state index is 12.5. The van der Waals surface area contributed by atoms with E-state index in [-0.39, 0.29) is 4.92 Å². The predicted octanol–water partition coefficient (Wildman–Crippen LogP) is 15.3. The second kappa shape index (κ2) is 29.3. The fraction of sp³-hybridized carbons (Fsp3) is 0.588. The van der Waals surface area contributed by atoms with E-state index in [0.717, 1.165) is 29.8 Å². The summed E-state index contributed by atoms with van der Waals surface area (Å²) in [5, 5.41) is 22.6. The molecule has 1 aliphatic rings. The third-order valence-electron chi connectivity index (χ3n) is 11.5. The summed E-state index contributed by atoms with van der Waals surface area (Å²) in [6.07, 6.45) is 44.8. The van der Waals surface area contributed by atoms with Crippen LogP contribution in [0.1, 0.15) is 179 Å². The molecule has 0 heterocycles. The molecule has 0 bridgehead atoms. The topological polar surface area (TPSA) is 70.2 Å². The van der Waals surface area contributed by atoms with E-state index in [1.807, 2.05) is 42.5 Å².